The van der Waals surface area contributed by atoms with E-state index in [1.807, 2.05) is 0 Å². The lowest BCUT2D eigenvalue weighted by molar-refractivity contribution is -0.00461. The molecule has 2 atom stereocenters. The molecule has 1 aromatic heterocycles. The Morgan fingerprint density at radius 3 is 2.53 bits per heavy atom. The van der Waals surface area contributed by atoms with Crippen LogP contribution in [0.1, 0.15) is 13.3 Å². The monoisotopic (exact) mass is 266 g/mol. The molecule has 0 radical (unpaired) electrons. The first-order chi connectivity index (χ1) is 9.28. The highest BCUT2D eigenvalue weighted by atomic mass is 16.5. The van der Waals surface area contributed by atoms with Gasteiger partial charge in [0.15, 0.2) is 0 Å². The van der Waals surface area contributed by atoms with Crippen LogP contribution < -0.4 is 10.2 Å². The van der Waals surface area contributed by atoms with Gasteiger partial charge in [-0.15, -0.1) is 0 Å². The third-order valence-corrected chi connectivity index (χ3v) is 3.32. The van der Waals surface area contributed by atoms with E-state index >= 15 is 0 Å². The van der Waals surface area contributed by atoms with Crippen LogP contribution in [-0.2, 0) is 9.47 Å². The lowest BCUT2D eigenvalue weighted by Crippen LogP contribution is -2.27. The Morgan fingerprint density at radius 1 is 1.26 bits per heavy atom. The van der Waals surface area contributed by atoms with Crippen molar-refractivity contribution in [2.75, 3.05) is 44.1 Å². The second kappa shape index (κ2) is 6.68. The van der Waals surface area contributed by atoms with Crippen LogP contribution in [0.4, 0.5) is 11.6 Å². The molecule has 6 nitrogen and oxygen atoms in total. The van der Waals surface area contributed by atoms with E-state index in [9.17, 15) is 0 Å². The average molecular weight is 266 g/mol. The maximum atomic E-state index is 5.43. The zero-order chi connectivity index (χ0) is 13.7. The first-order valence-electron chi connectivity index (χ1n) is 6.65. The molecule has 1 aliphatic heterocycles. The molecule has 1 N–H and O–H groups in total. The minimum Gasteiger partial charge on any atom is -0.377 e. The van der Waals surface area contributed by atoms with Crippen molar-refractivity contribution in [3.05, 3.63) is 12.4 Å². The molecule has 0 amide bonds. The van der Waals surface area contributed by atoms with E-state index in [1.165, 1.54) is 0 Å². The minimum atomic E-state index is 0.0825. The number of aromatic nitrogens is 2. The number of rotatable bonds is 6. The molecular weight excluding hydrogens is 244 g/mol. The second-order valence-electron chi connectivity index (χ2n) is 4.64. The van der Waals surface area contributed by atoms with Crippen molar-refractivity contribution in [1.82, 2.24) is 9.97 Å². The number of nitrogens with one attached hydrogen (secondary N) is 1. The summed E-state index contributed by atoms with van der Waals surface area (Å²) in [5, 5.41) is 3.25. The Hall–Kier alpha value is -1.40. The van der Waals surface area contributed by atoms with E-state index in [0.29, 0.717) is 0 Å². The van der Waals surface area contributed by atoms with Gasteiger partial charge in [-0.05, 0) is 6.42 Å². The normalized spacial score (nSPS) is 22.8. The summed E-state index contributed by atoms with van der Waals surface area (Å²) in [6, 6.07) is 0. The molecule has 1 aromatic rings. The zero-order valence-corrected chi connectivity index (χ0v) is 11.8. The maximum Gasteiger partial charge on any atom is 0.149 e. The molecule has 0 saturated carbocycles. The molecule has 1 aliphatic rings. The summed E-state index contributed by atoms with van der Waals surface area (Å²) in [4.78, 5) is 11.0. The molecule has 19 heavy (non-hydrogen) atoms. The fourth-order valence-electron chi connectivity index (χ4n) is 2.23. The molecule has 1 saturated heterocycles. The minimum absolute atomic E-state index is 0.0825. The first kappa shape index (κ1) is 14.0. The largest absolute Gasteiger partial charge is 0.377 e. The Morgan fingerprint density at radius 2 is 1.95 bits per heavy atom. The van der Waals surface area contributed by atoms with Gasteiger partial charge in [0.05, 0.1) is 12.4 Å². The summed E-state index contributed by atoms with van der Waals surface area (Å²) in [6.07, 6.45) is 4.75. The number of hydrogen-bond donors (Lipinski definition) is 1. The highest BCUT2D eigenvalue weighted by molar-refractivity contribution is 5.45. The van der Waals surface area contributed by atoms with Crippen molar-refractivity contribution in [3.63, 3.8) is 0 Å². The highest BCUT2D eigenvalue weighted by Crippen LogP contribution is 2.22. The number of nitrogens with zero attached hydrogens (tertiary/aromatic N) is 3. The highest BCUT2D eigenvalue weighted by Gasteiger charge is 2.33. The summed E-state index contributed by atoms with van der Waals surface area (Å²) in [5.41, 5.74) is 0. The van der Waals surface area contributed by atoms with Gasteiger partial charge in [0.1, 0.15) is 23.8 Å². The third-order valence-electron chi connectivity index (χ3n) is 3.32. The summed E-state index contributed by atoms with van der Waals surface area (Å²) in [6.45, 7) is 4.58. The summed E-state index contributed by atoms with van der Waals surface area (Å²) < 4.78 is 10.9. The van der Waals surface area contributed by atoms with Gasteiger partial charge in [-0.25, -0.2) is 4.98 Å². The standard InChI is InChI=1S/C13H22N4O2/c1-4-5-15-12-6-14-7-13(16-12)17-8-10(18-2)11(9-17)19-3/h6-7,10-11H,4-5,8-9H2,1-3H3,(H,15,16). The Bertz CT molecular complexity index is 390. The number of methoxy groups -OCH3 is 2. The van der Waals surface area contributed by atoms with E-state index in [2.05, 4.69) is 27.1 Å². The molecule has 2 heterocycles. The molecular formula is C13H22N4O2. The smallest absolute Gasteiger partial charge is 0.149 e. The van der Waals surface area contributed by atoms with Gasteiger partial charge in [-0.2, -0.15) is 0 Å². The van der Waals surface area contributed by atoms with Crippen molar-refractivity contribution in [2.24, 2.45) is 0 Å². The third kappa shape index (κ3) is 3.33. The molecule has 0 bridgehead atoms. The number of hydrogen-bond acceptors (Lipinski definition) is 6. The molecule has 1 fully saturated rings. The predicted molar refractivity (Wildman–Crippen MR) is 74.6 cm³/mol. The van der Waals surface area contributed by atoms with Crippen LogP contribution in [-0.4, -0.2) is 56.0 Å². The van der Waals surface area contributed by atoms with Gasteiger partial charge < -0.3 is 19.7 Å². The van der Waals surface area contributed by atoms with E-state index in [-0.39, 0.29) is 12.2 Å². The maximum absolute atomic E-state index is 5.43. The first-order valence-corrected chi connectivity index (χ1v) is 6.65. The van der Waals surface area contributed by atoms with Gasteiger partial charge in [-0.3, -0.25) is 4.98 Å². The van der Waals surface area contributed by atoms with Gasteiger partial charge in [0, 0.05) is 33.9 Å². The summed E-state index contributed by atoms with van der Waals surface area (Å²) in [7, 11) is 3.43. The summed E-state index contributed by atoms with van der Waals surface area (Å²) >= 11 is 0. The van der Waals surface area contributed by atoms with E-state index in [1.54, 1.807) is 26.6 Å². The fourth-order valence-corrected chi connectivity index (χ4v) is 2.23. The van der Waals surface area contributed by atoms with Crippen LogP contribution >= 0.6 is 0 Å². The Labute approximate surface area is 114 Å². The molecule has 0 aliphatic carbocycles. The van der Waals surface area contributed by atoms with Gasteiger partial charge >= 0.3 is 0 Å². The topological polar surface area (TPSA) is 59.5 Å². The lowest BCUT2D eigenvalue weighted by Gasteiger charge is -2.17. The van der Waals surface area contributed by atoms with Crippen molar-refractivity contribution in [2.45, 2.75) is 25.6 Å². The SMILES string of the molecule is CCCNc1cncc(N2CC(OC)C(OC)C2)n1. The van der Waals surface area contributed by atoms with Crippen molar-refractivity contribution >= 4 is 11.6 Å². The van der Waals surface area contributed by atoms with Crippen LogP contribution in [0.5, 0.6) is 0 Å². The van der Waals surface area contributed by atoms with Crippen LogP contribution in [0.15, 0.2) is 12.4 Å². The van der Waals surface area contributed by atoms with Crippen LogP contribution in [0, 0.1) is 0 Å². The van der Waals surface area contributed by atoms with Gasteiger partial charge in [0.2, 0.25) is 0 Å². The van der Waals surface area contributed by atoms with Crippen molar-refractivity contribution in [1.29, 1.82) is 0 Å². The zero-order valence-electron chi connectivity index (χ0n) is 11.8. The Balaban J connectivity index is 2.05. The fraction of sp³-hybridized carbons (Fsp3) is 0.692. The quantitative estimate of drug-likeness (QED) is 0.833. The van der Waals surface area contributed by atoms with Crippen LogP contribution in [0.25, 0.3) is 0 Å². The number of anilines is 2. The average Bonchev–Trinajstić information content (AvgIpc) is 2.88. The lowest BCUT2D eigenvalue weighted by atomic mass is 10.3. The predicted octanol–water partition coefficient (Wildman–Crippen LogP) is 1.15. The van der Waals surface area contributed by atoms with Gasteiger partial charge in [-0.1, -0.05) is 6.92 Å². The van der Waals surface area contributed by atoms with E-state index in [4.69, 9.17) is 9.47 Å². The van der Waals surface area contributed by atoms with Crippen molar-refractivity contribution in [3.8, 4) is 0 Å². The summed E-state index contributed by atoms with van der Waals surface area (Å²) in [5.74, 6) is 1.68. The van der Waals surface area contributed by atoms with Crippen LogP contribution in [0.3, 0.4) is 0 Å². The molecule has 0 spiro atoms. The van der Waals surface area contributed by atoms with E-state index in [0.717, 1.165) is 37.7 Å². The van der Waals surface area contributed by atoms with Crippen LogP contribution in [0.2, 0.25) is 0 Å². The second-order valence-corrected chi connectivity index (χ2v) is 4.64. The van der Waals surface area contributed by atoms with Crippen molar-refractivity contribution < 1.29 is 9.47 Å². The molecule has 106 valence electrons. The molecule has 0 aromatic carbocycles. The van der Waals surface area contributed by atoms with Gasteiger partial charge in [0.25, 0.3) is 0 Å². The van der Waals surface area contributed by atoms with E-state index < -0.39 is 0 Å². The number of ether oxygens (including phenoxy) is 2. The molecule has 2 unspecified atom stereocenters. The Kier molecular flexibility index (Phi) is 4.93. The molecule has 2 rings (SSSR count). The molecule has 6 heteroatoms.